The van der Waals surface area contributed by atoms with Gasteiger partial charge < -0.3 is 0 Å². The minimum Gasteiger partial charge on any atom is -0.168 e. The fourth-order valence-electron chi connectivity index (χ4n) is 0. The smallest absolute Gasteiger partial charge is 0.168 e. The van der Waals surface area contributed by atoms with Crippen molar-refractivity contribution in [3.05, 3.63) is 0 Å². The van der Waals surface area contributed by atoms with Crippen LogP contribution in [0.3, 0.4) is 0 Å². The Morgan fingerprint density at radius 3 is 1.20 bits per heavy atom. The summed E-state index contributed by atoms with van der Waals surface area (Å²) in [7, 11) is 0. The number of rotatable bonds is 0. The molecule has 4 nitrogen and oxygen atoms in total. The van der Waals surface area contributed by atoms with Crippen molar-refractivity contribution in [2.75, 3.05) is 0 Å². The van der Waals surface area contributed by atoms with E-state index >= 15 is 0 Å². The van der Waals surface area contributed by atoms with E-state index in [4.69, 9.17) is 19.2 Å². The van der Waals surface area contributed by atoms with Crippen LogP contribution < -0.4 is 0 Å². The first-order chi connectivity index (χ1) is 2.41. The lowest BCUT2D eigenvalue weighted by Gasteiger charge is -0.947. The van der Waals surface area contributed by atoms with E-state index in [1.807, 2.05) is 0 Å². The SMILES string of the molecule is N#N.O=S=O. The van der Waals surface area contributed by atoms with Crippen LogP contribution in [-0.2, 0) is 11.6 Å². The van der Waals surface area contributed by atoms with E-state index in [0.717, 1.165) is 0 Å². The van der Waals surface area contributed by atoms with Gasteiger partial charge in [-0.2, -0.15) is 8.42 Å². The standard InChI is InChI=1S/N2.O2S/c1-2;1-3-2. The predicted octanol–water partition coefficient (Wildman–Crippen LogP) is -0.640. The molecule has 5 heavy (non-hydrogen) atoms. The molecule has 28 valence electrons. The van der Waals surface area contributed by atoms with Gasteiger partial charge in [0.2, 0.25) is 0 Å². The molecule has 0 saturated heterocycles. The largest absolute Gasteiger partial charge is 0.335 e. The quantitative estimate of drug-likeness (QED) is 0.372. The van der Waals surface area contributed by atoms with E-state index < -0.39 is 11.6 Å². The van der Waals surface area contributed by atoms with Gasteiger partial charge >= 0.3 is 11.6 Å². The summed E-state index contributed by atoms with van der Waals surface area (Å²) in [5.41, 5.74) is 0. The molecule has 5 heteroatoms. The Morgan fingerprint density at radius 2 is 1.20 bits per heavy atom. The summed E-state index contributed by atoms with van der Waals surface area (Å²) in [5.74, 6) is 0. The zero-order chi connectivity index (χ0) is 4.71. The van der Waals surface area contributed by atoms with Crippen LogP contribution >= 0.6 is 0 Å². The molecule has 0 bridgehead atoms. The van der Waals surface area contributed by atoms with E-state index in [0.29, 0.717) is 0 Å². The van der Waals surface area contributed by atoms with Gasteiger partial charge in [-0.25, -0.2) is 0 Å². The van der Waals surface area contributed by atoms with Gasteiger partial charge in [-0.15, -0.1) is 0 Å². The lowest BCUT2D eigenvalue weighted by Crippen LogP contribution is -1.18. The molecule has 0 N–H and O–H groups in total. The van der Waals surface area contributed by atoms with Crippen LogP contribution in [-0.4, -0.2) is 8.42 Å². The predicted molar refractivity (Wildman–Crippen MR) is 12.4 cm³/mol. The Morgan fingerprint density at radius 1 is 1.20 bits per heavy atom. The molecule has 0 atom stereocenters. The second kappa shape index (κ2) is 282. The average molecular weight is 92.1 g/mol. The third kappa shape index (κ3) is 8.63. The van der Waals surface area contributed by atoms with E-state index in [9.17, 15) is 0 Å². The number of nitrogens with zero attached hydrogens (tertiary/aromatic N) is 2. The van der Waals surface area contributed by atoms with Gasteiger partial charge in [-0.1, -0.05) is 0 Å². The first-order valence-electron chi connectivity index (χ1n) is 0.533. The molecule has 0 spiro atoms. The van der Waals surface area contributed by atoms with Gasteiger partial charge in [0, 0.05) is 10.8 Å². The van der Waals surface area contributed by atoms with E-state index in [2.05, 4.69) is 0 Å². The van der Waals surface area contributed by atoms with Gasteiger partial charge in [0.15, 0.2) is 0 Å². The van der Waals surface area contributed by atoms with Crippen LogP contribution in [0.5, 0.6) is 0 Å². The first-order valence-corrected chi connectivity index (χ1v) is 1.20. The zero-order valence-corrected chi connectivity index (χ0v) is 2.94. The molecule has 0 aromatic rings. The molecule has 0 unspecified atom stereocenters. The summed E-state index contributed by atoms with van der Waals surface area (Å²) in [5, 5.41) is 12.0. The van der Waals surface area contributed by atoms with Crippen molar-refractivity contribution in [1.82, 2.24) is 0 Å². The Bertz CT molecular complexity index is 49.9. The molecule has 0 amide bonds. The lowest BCUT2D eigenvalue weighted by atomic mass is 13.4. The Hall–Kier alpha value is -0.760. The maximum absolute atomic E-state index is 8.29. The van der Waals surface area contributed by atoms with Crippen molar-refractivity contribution < 1.29 is 8.42 Å². The molecular formula is N2O2S. The zero-order valence-electron chi connectivity index (χ0n) is 2.12. The highest BCUT2D eigenvalue weighted by Crippen LogP contribution is 0.846. The normalized spacial score (nSPS) is 2.80. The molecule has 0 saturated carbocycles. The highest BCUT2D eigenvalue weighted by Gasteiger charge is 1.12. The third-order valence-electron chi connectivity index (χ3n) is 0. The fourth-order valence-corrected chi connectivity index (χ4v) is 0. The fraction of sp³-hybridized carbons (Fsp3) is 0. The Kier molecular flexibility index (Phi) is 501. The second-order valence-electron chi connectivity index (χ2n) is 0.0680. The van der Waals surface area contributed by atoms with Crippen LogP contribution in [0.1, 0.15) is 0 Å². The van der Waals surface area contributed by atoms with E-state index in [1.54, 1.807) is 0 Å². The summed E-state index contributed by atoms with van der Waals surface area (Å²) < 4.78 is 16.6. The molecule has 0 heterocycles. The Balaban J connectivity index is 0. The van der Waals surface area contributed by atoms with Crippen molar-refractivity contribution in [2.45, 2.75) is 0 Å². The van der Waals surface area contributed by atoms with E-state index in [1.165, 1.54) is 0 Å². The van der Waals surface area contributed by atoms with Crippen LogP contribution in [0, 0.1) is 10.8 Å². The minimum atomic E-state index is -0.750. The lowest BCUT2D eigenvalue weighted by molar-refractivity contribution is 0.630. The van der Waals surface area contributed by atoms with Crippen molar-refractivity contribution in [2.24, 2.45) is 0 Å². The highest BCUT2D eigenvalue weighted by molar-refractivity contribution is 7.51. The topological polar surface area (TPSA) is 81.7 Å². The monoisotopic (exact) mass is 92.0 g/mol. The molecule has 0 aromatic carbocycles. The number of hydrogen-bond acceptors (Lipinski definition) is 4. The molecule has 0 radical (unpaired) electrons. The highest BCUT2D eigenvalue weighted by atomic mass is 32.1. The molecule has 0 aliphatic rings. The maximum atomic E-state index is 8.29. The summed E-state index contributed by atoms with van der Waals surface area (Å²) in [6.45, 7) is 0. The summed E-state index contributed by atoms with van der Waals surface area (Å²) in [6.07, 6.45) is 0. The van der Waals surface area contributed by atoms with Crippen molar-refractivity contribution >= 4 is 11.6 Å². The third-order valence-corrected chi connectivity index (χ3v) is 0. The summed E-state index contributed by atoms with van der Waals surface area (Å²) >= 11 is -0.750. The van der Waals surface area contributed by atoms with Gasteiger partial charge in [0.25, 0.3) is 0 Å². The maximum Gasteiger partial charge on any atom is 0.335 e. The van der Waals surface area contributed by atoms with Crippen molar-refractivity contribution in [3.8, 4) is 0 Å². The molecule has 0 aliphatic carbocycles. The van der Waals surface area contributed by atoms with Gasteiger partial charge in [-0.05, 0) is 0 Å². The molecular weight excluding hydrogens is 92.1 g/mol. The first kappa shape index (κ1) is 8.87. The summed E-state index contributed by atoms with van der Waals surface area (Å²) in [4.78, 5) is 0. The number of hydrogen-bond donors (Lipinski definition) is 0. The van der Waals surface area contributed by atoms with Crippen molar-refractivity contribution in [3.63, 3.8) is 0 Å². The molecule has 0 fully saturated rings. The van der Waals surface area contributed by atoms with Gasteiger partial charge in [0.1, 0.15) is 0 Å². The van der Waals surface area contributed by atoms with E-state index in [-0.39, 0.29) is 0 Å². The minimum absolute atomic E-state index is 0.750. The molecule has 0 aromatic heterocycles. The average Bonchev–Trinajstić information content (AvgIpc) is 1.46. The molecule has 0 rings (SSSR count). The van der Waals surface area contributed by atoms with Gasteiger partial charge in [-0.3, -0.25) is 0 Å². The Labute approximate surface area is 31.8 Å². The summed E-state index contributed by atoms with van der Waals surface area (Å²) in [6, 6.07) is 0. The van der Waals surface area contributed by atoms with Crippen LogP contribution in [0.4, 0.5) is 0 Å². The van der Waals surface area contributed by atoms with Gasteiger partial charge in [0.05, 0.1) is 0 Å². The molecule has 0 aliphatic heterocycles. The van der Waals surface area contributed by atoms with Crippen LogP contribution in [0.2, 0.25) is 0 Å². The second-order valence-corrected chi connectivity index (χ2v) is 0.204. The van der Waals surface area contributed by atoms with Crippen LogP contribution in [0.15, 0.2) is 0 Å². The van der Waals surface area contributed by atoms with Crippen molar-refractivity contribution in [1.29, 1.82) is 10.8 Å². The van der Waals surface area contributed by atoms with Crippen LogP contribution in [0.25, 0.3) is 0 Å².